The van der Waals surface area contributed by atoms with Crippen LogP contribution in [-0.2, 0) is 19.9 Å². The van der Waals surface area contributed by atoms with Crippen LogP contribution in [0, 0.1) is 0 Å². The Balaban J connectivity index is 1.90. The van der Waals surface area contributed by atoms with Crippen LogP contribution in [0.15, 0.2) is 29.3 Å². The first-order chi connectivity index (χ1) is 12.5. The van der Waals surface area contributed by atoms with E-state index in [1.165, 1.54) is 0 Å². The zero-order chi connectivity index (χ0) is 18.7. The molecule has 1 aliphatic heterocycles. The highest BCUT2D eigenvalue weighted by molar-refractivity contribution is 6.32. The summed E-state index contributed by atoms with van der Waals surface area (Å²) in [4.78, 5) is 29.4. The number of aliphatic imine (C=N–C) groups is 1. The number of fused-ring (bicyclic) bond motifs is 2. The zero-order valence-corrected chi connectivity index (χ0v) is 15.6. The lowest BCUT2D eigenvalue weighted by Crippen LogP contribution is -2.54. The van der Waals surface area contributed by atoms with E-state index in [9.17, 15) is 9.59 Å². The second-order valence-corrected chi connectivity index (χ2v) is 7.16. The minimum absolute atomic E-state index is 0.0588. The molecule has 0 radical (unpaired) electrons. The van der Waals surface area contributed by atoms with Crippen LogP contribution in [0.1, 0.15) is 44.6 Å². The van der Waals surface area contributed by atoms with Crippen molar-refractivity contribution >= 4 is 29.2 Å². The van der Waals surface area contributed by atoms with Crippen LogP contribution in [-0.4, -0.2) is 36.3 Å². The first-order valence-electron chi connectivity index (χ1n) is 9.06. The van der Waals surface area contributed by atoms with Gasteiger partial charge < -0.3 is 15.8 Å². The fraction of sp³-hybridized carbons (Fsp3) is 0.526. The number of ether oxygens (including phenoxy) is 1. The van der Waals surface area contributed by atoms with Gasteiger partial charge in [-0.2, -0.15) is 0 Å². The fourth-order valence-electron chi connectivity index (χ4n) is 3.64. The normalized spacial score (nSPS) is 25.9. The lowest BCUT2D eigenvalue weighted by atomic mass is 9.73. The van der Waals surface area contributed by atoms with Gasteiger partial charge in [0.2, 0.25) is 17.6 Å². The molecular weight excluding hydrogens is 354 g/mol. The molecule has 1 aromatic carbocycles. The van der Waals surface area contributed by atoms with Crippen molar-refractivity contribution in [2.45, 2.75) is 56.7 Å². The lowest BCUT2D eigenvalue weighted by molar-refractivity contribution is -0.137. The molecule has 140 valence electrons. The highest BCUT2D eigenvalue weighted by Gasteiger charge is 2.52. The molecule has 1 fully saturated rings. The summed E-state index contributed by atoms with van der Waals surface area (Å²) in [6.07, 6.45) is 2.20. The summed E-state index contributed by atoms with van der Waals surface area (Å²) in [5.74, 6) is 0.228. The lowest BCUT2D eigenvalue weighted by Gasteiger charge is -2.42. The Morgan fingerprint density at radius 3 is 3.00 bits per heavy atom. The molecule has 0 saturated heterocycles. The number of ketones is 1. The number of nitrogens with one attached hydrogen (secondary N) is 1. The largest absolute Gasteiger partial charge is 0.468 e. The van der Waals surface area contributed by atoms with Gasteiger partial charge in [-0.05, 0) is 38.7 Å². The number of carbonyl (C=O) groups excluding carboxylic acids is 2. The van der Waals surface area contributed by atoms with E-state index in [2.05, 4.69) is 10.3 Å². The summed E-state index contributed by atoms with van der Waals surface area (Å²) in [6, 6.07) is 6.76. The number of Topliss-reactive ketones (excluding diaryl/α,β-unsaturated/α-hetero) is 1. The number of benzene rings is 1. The van der Waals surface area contributed by atoms with E-state index in [1.54, 1.807) is 6.07 Å². The average Bonchev–Trinajstić information content (AvgIpc) is 2.60. The van der Waals surface area contributed by atoms with E-state index in [4.69, 9.17) is 22.1 Å². The van der Waals surface area contributed by atoms with Crippen LogP contribution in [0.2, 0.25) is 5.02 Å². The Hall–Kier alpha value is -1.92. The van der Waals surface area contributed by atoms with E-state index in [-0.39, 0.29) is 18.1 Å². The summed E-state index contributed by atoms with van der Waals surface area (Å²) in [5, 5.41) is 3.26. The van der Waals surface area contributed by atoms with Crippen LogP contribution >= 0.6 is 11.6 Å². The van der Waals surface area contributed by atoms with Crippen molar-refractivity contribution < 1.29 is 14.3 Å². The summed E-state index contributed by atoms with van der Waals surface area (Å²) in [5.41, 5.74) is 5.91. The Morgan fingerprint density at radius 2 is 2.27 bits per heavy atom. The van der Waals surface area contributed by atoms with Crippen LogP contribution in [0.3, 0.4) is 0 Å². The molecule has 0 aromatic heterocycles. The van der Waals surface area contributed by atoms with Gasteiger partial charge in [-0.15, -0.1) is 0 Å². The predicted octanol–water partition coefficient (Wildman–Crippen LogP) is 2.33. The van der Waals surface area contributed by atoms with Crippen molar-refractivity contribution in [3.63, 3.8) is 0 Å². The van der Waals surface area contributed by atoms with E-state index in [0.717, 1.165) is 6.42 Å². The topological polar surface area (TPSA) is 93.8 Å². The van der Waals surface area contributed by atoms with Gasteiger partial charge in [-0.3, -0.25) is 9.59 Å². The molecule has 1 saturated carbocycles. The van der Waals surface area contributed by atoms with E-state index in [0.29, 0.717) is 42.3 Å². The molecule has 3 N–H and O–H groups in total. The molecule has 26 heavy (non-hydrogen) atoms. The molecule has 1 aliphatic carbocycles. The maximum Gasteiger partial charge on any atom is 0.220 e. The number of nitrogens with two attached hydrogens (primary N) is 1. The van der Waals surface area contributed by atoms with Crippen molar-refractivity contribution in [1.82, 2.24) is 5.32 Å². The minimum atomic E-state index is -1.03. The van der Waals surface area contributed by atoms with E-state index in [1.807, 2.05) is 25.1 Å². The van der Waals surface area contributed by atoms with Crippen molar-refractivity contribution in [2.24, 2.45) is 10.7 Å². The standard InChI is InChI=1S/C19H24ClN3O3/c1-2-22-16(24)10-9-14(21)18-23-19(12-6-3-4-7-13(12)20)11-5-8-15(26-18)17(19)25/h3-4,6-7,14-15H,2,5,8-11,21H2,1H3,(H,22,24)/t14?,15-,19-/m0/s1. The fourth-order valence-corrected chi connectivity index (χ4v) is 3.93. The van der Waals surface area contributed by atoms with Crippen molar-refractivity contribution in [2.75, 3.05) is 6.54 Å². The Labute approximate surface area is 158 Å². The summed E-state index contributed by atoms with van der Waals surface area (Å²) in [6.45, 7) is 2.45. The maximum atomic E-state index is 13.0. The second kappa shape index (κ2) is 7.76. The third kappa shape index (κ3) is 3.48. The maximum absolute atomic E-state index is 13.0. The number of amides is 1. The Bertz CT molecular complexity index is 736. The van der Waals surface area contributed by atoms with Gasteiger partial charge in [0, 0.05) is 23.6 Å². The molecule has 2 bridgehead atoms. The number of rotatable bonds is 6. The SMILES string of the molecule is CCNC(=O)CCC(N)C1=N[C@]2(c3ccccc3Cl)CCC[C@H](O1)C2=O. The molecule has 1 unspecified atom stereocenters. The van der Waals surface area contributed by atoms with Crippen molar-refractivity contribution in [1.29, 1.82) is 0 Å². The summed E-state index contributed by atoms with van der Waals surface area (Å²) >= 11 is 6.38. The quantitative estimate of drug-likeness (QED) is 0.795. The van der Waals surface area contributed by atoms with Crippen LogP contribution in [0.4, 0.5) is 0 Å². The molecule has 3 atom stereocenters. The molecule has 1 aromatic rings. The summed E-state index contributed by atoms with van der Waals surface area (Å²) < 4.78 is 5.81. The van der Waals surface area contributed by atoms with Gasteiger partial charge in [-0.1, -0.05) is 29.8 Å². The van der Waals surface area contributed by atoms with Crippen LogP contribution in [0.5, 0.6) is 0 Å². The highest BCUT2D eigenvalue weighted by Crippen LogP contribution is 2.44. The average molecular weight is 378 g/mol. The van der Waals surface area contributed by atoms with Gasteiger partial charge in [0.1, 0.15) is 0 Å². The molecule has 3 rings (SSSR count). The molecule has 1 amide bonds. The molecule has 7 heteroatoms. The minimum Gasteiger partial charge on any atom is -0.468 e. The van der Waals surface area contributed by atoms with Crippen molar-refractivity contribution in [3.05, 3.63) is 34.9 Å². The molecule has 2 aliphatic rings. The first-order valence-corrected chi connectivity index (χ1v) is 9.43. The summed E-state index contributed by atoms with van der Waals surface area (Å²) in [7, 11) is 0. The zero-order valence-electron chi connectivity index (χ0n) is 14.8. The number of hydrogen-bond donors (Lipinski definition) is 2. The number of halogens is 1. The van der Waals surface area contributed by atoms with Gasteiger partial charge in [0.15, 0.2) is 11.6 Å². The van der Waals surface area contributed by atoms with Gasteiger partial charge >= 0.3 is 0 Å². The Kier molecular flexibility index (Phi) is 5.63. The number of carbonyl (C=O) groups is 2. The van der Waals surface area contributed by atoms with E-state index < -0.39 is 17.7 Å². The Morgan fingerprint density at radius 1 is 1.50 bits per heavy atom. The van der Waals surface area contributed by atoms with Crippen LogP contribution < -0.4 is 11.1 Å². The molecule has 1 heterocycles. The molecule has 6 nitrogen and oxygen atoms in total. The predicted molar refractivity (Wildman–Crippen MR) is 100 cm³/mol. The first kappa shape index (κ1) is 18.9. The smallest absolute Gasteiger partial charge is 0.220 e. The number of hydrogen-bond acceptors (Lipinski definition) is 5. The highest BCUT2D eigenvalue weighted by atomic mass is 35.5. The monoisotopic (exact) mass is 377 g/mol. The third-order valence-electron chi connectivity index (χ3n) is 4.96. The van der Waals surface area contributed by atoms with Crippen LogP contribution in [0.25, 0.3) is 0 Å². The second-order valence-electron chi connectivity index (χ2n) is 6.75. The third-order valence-corrected chi connectivity index (χ3v) is 5.29. The van der Waals surface area contributed by atoms with E-state index >= 15 is 0 Å². The number of nitrogens with zero attached hydrogens (tertiary/aromatic N) is 1. The van der Waals surface area contributed by atoms with Gasteiger partial charge in [0.25, 0.3) is 0 Å². The molecule has 0 spiro atoms. The molecular formula is C19H24ClN3O3. The van der Waals surface area contributed by atoms with Gasteiger partial charge in [-0.25, -0.2) is 4.99 Å². The van der Waals surface area contributed by atoms with Gasteiger partial charge in [0.05, 0.1) is 6.04 Å². The van der Waals surface area contributed by atoms with Crippen molar-refractivity contribution in [3.8, 4) is 0 Å².